The van der Waals surface area contributed by atoms with Crippen molar-refractivity contribution in [1.29, 1.82) is 0 Å². The number of thioether (sulfide) groups is 1. The van der Waals surface area contributed by atoms with E-state index in [1.54, 1.807) is 23.9 Å². The molecule has 0 spiro atoms. The molecule has 0 aromatic heterocycles. The Hall–Kier alpha value is -0.820. The summed E-state index contributed by atoms with van der Waals surface area (Å²) in [7, 11) is -3.49. The Morgan fingerprint density at radius 1 is 1.04 bits per heavy atom. The van der Waals surface area contributed by atoms with Crippen molar-refractivity contribution in [3.05, 3.63) is 58.6 Å². The molecule has 0 amide bonds. The van der Waals surface area contributed by atoms with Gasteiger partial charge in [-0.3, -0.25) is 0 Å². The van der Waals surface area contributed by atoms with Gasteiger partial charge in [0.05, 0.1) is 4.90 Å². The van der Waals surface area contributed by atoms with E-state index in [0.717, 1.165) is 40.6 Å². The van der Waals surface area contributed by atoms with Crippen LogP contribution in [-0.4, -0.2) is 19.7 Å². The third-order valence-corrected chi connectivity index (χ3v) is 8.39. The molecule has 0 radical (unpaired) electrons. The van der Waals surface area contributed by atoms with Gasteiger partial charge in [0.1, 0.15) is 0 Å². The smallest absolute Gasteiger partial charge is 0.207 e. The van der Waals surface area contributed by atoms with E-state index in [2.05, 4.69) is 26.7 Å². The SMILES string of the molecule is Cc1ccc(S(=O)(=O)N[C@@H]2CCCC[C@H]2Sc2ccccc2Br)cc1. The molecule has 0 heterocycles. The summed E-state index contributed by atoms with van der Waals surface area (Å²) in [6.07, 6.45) is 4.11. The van der Waals surface area contributed by atoms with Crippen molar-refractivity contribution in [2.75, 3.05) is 0 Å². The maximum atomic E-state index is 12.7. The van der Waals surface area contributed by atoms with Crippen molar-refractivity contribution in [3.8, 4) is 0 Å². The zero-order chi connectivity index (χ0) is 17.9. The van der Waals surface area contributed by atoms with E-state index < -0.39 is 10.0 Å². The van der Waals surface area contributed by atoms with Crippen LogP contribution in [0, 0.1) is 6.92 Å². The van der Waals surface area contributed by atoms with Crippen molar-refractivity contribution < 1.29 is 8.42 Å². The molecular weight excluding hydrogens is 418 g/mol. The summed E-state index contributed by atoms with van der Waals surface area (Å²) in [6.45, 7) is 1.95. The number of aryl methyl sites for hydroxylation is 1. The van der Waals surface area contributed by atoms with Crippen LogP contribution in [0.3, 0.4) is 0 Å². The number of benzene rings is 2. The fraction of sp³-hybridized carbons (Fsp3) is 0.368. The highest BCUT2D eigenvalue weighted by Crippen LogP contribution is 2.37. The summed E-state index contributed by atoms with van der Waals surface area (Å²) in [6, 6.07) is 15.1. The second-order valence-corrected chi connectivity index (χ2v) is 10.3. The predicted octanol–water partition coefficient (Wildman–Crippen LogP) is 5.14. The fourth-order valence-corrected chi connectivity index (χ4v) is 6.34. The summed E-state index contributed by atoms with van der Waals surface area (Å²) in [5.74, 6) is 0. The Morgan fingerprint density at radius 2 is 1.72 bits per heavy atom. The minimum Gasteiger partial charge on any atom is -0.207 e. The van der Waals surface area contributed by atoms with Crippen molar-refractivity contribution >= 4 is 37.7 Å². The Morgan fingerprint density at radius 3 is 2.44 bits per heavy atom. The van der Waals surface area contributed by atoms with Crippen molar-refractivity contribution in [3.63, 3.8) is 0 Å². The lowest BCUT2D eigenvalue weighted by atomic mass is 9.96. The molecule has 1 saturated carbocycles. The van der Waals surface area contributed by atoms with Gasteiger partial charge in [-0.1, -0.05) is 42.7 Å². The molecule has 0 bridgehead atoms. The van der Waals surface area contributed by atoms with E-state index >= 15 is 0 Å². The highest BCUT2D eigenvalue weighted by Gasteiger charge is 2.30. The van der Waals surface area contributed by atoms with E-state index in [4.69, 9.17) is 0 Å². The average molecular weight is 440 g/mol. The molecule has 2 aromatic rings. The normalized spacial score (nSPS) is 21.2. The number of hydrogen-bond donors (Lipinski definition) is 1. The van der Waals surface area contributed by atoms with E-state index in [1.165, 1.54) is 0 Å². The molecule has 3 nitrogen and oxygen atoms in total. The molecule has 1 fully saturated rings. The standard InChI is InChI=1S/C19H22BrNO2S2/c1-14-10-12-15(13-11-14)25(22,23)21-17-7-3-5-9-19(17)24-18-8-4-2-6-16(18)20/h2,4,6,8,10-13,17,19,21H,3,5,7,9H2,1H3/t17-,19-/m1/s1. The highest BCUT2D eigenvalue weighted by atomic mass is 79.9. The van der Waals surface area contributed by atoms with Gasteiger partial charge >= 0.3 is 0 Å². The average Bonchev–Trinajstić information content (AvgIpc) is 2.59. The van der Waals surface area contributed by atoms with Crippen LogP contribution in [0.2, 0.25) is 0 Å². The zero-order valence-electron chi connectivity index (χ0n) is 14.1. The molecule has 1 N–H and O–H groups in total. The van der Waals surface area contributed by atoms with Crippen molar-refractivity contribution in [2.45, 2.75) is 53.7 Å². The van der Waals surface area contributed by atoms with Gasteiger partial charge in [-0.15, -0.1) is 11.8 Å². The topological polar surface area (TPSA) is 46.2 Å². The second kappa shape index (κ2) is 8.25. The molecule has 2 atom stereocenters. The first-order valence-corrected chi connectivity index (χ1v) is 11.6. The highest BCUT2D eigenvalue weighted by molar-refractivity contribution is 9.10. The first-order chi connectivity index (χ1) is 12.0. The first kappa shape index (κ1) is 19.0. The van der Waals surface area contributed by atoms with Crippen LogP contribution in [0.15, 0.2) is 62.8 Å². The number of rotatable bonds is 5. The predicted molar refractivity (Wildman–Crippen MR) is 108 cm³/mol. The summed E-state index contributed by atoms with van der Waals surface area (Å²) in [5.41, 5.74) is 1.05. The lowest BCUT2D eigenvalue weighted by Crippen LogP contribution is -2.43. The van der Waals surface area contributed by atoms with Gasteiger partial charge in [0.25, 0.3) is 0 Å². The molecule has 3 rings (SSSR count). The van der Waals surface area contributed by atoms with E-state index in [9.17, 15) is 8.42 Å². The zero-order valence-corrected chi connectivity index (χ0v) is 17.3. The minimum atomic E-state index is -3.49. The number of sulfonamides is 1. The van der Waals surface area contributed by atoms with Gasteiger partial charge in [-0.05, 0) is 60.0 Å². The Balaban J connectivity index is 1.77. The first-order valence-electron chi connectivity index (χ1n) is 8.46. The van der Waals surface area contributed by atoms with Crippen LogP contribution < -0.4 is 4.72 Å². The summed E-state index contributed by atoms with van der Waals surface area (Å²) >= 11 is 5.35. The van der Waals surface area contributed by atoms with E-state index in [1.807, 2.05) is 37.3 Å². The van der Waals surface area contributed by atoms with Crippen LogP contribution >= 0.6 is 27.7 Å². The minimum absolute atomic E-state index is 0.0443. The van der Waals surface area contributed by atoms with E-state index in [-0.39, 0.29) is 11.3 Å². The molecule has 2 aromatic carbocycles. The third kappa shape index (κ3) is 4.88. The Kier molecular flexibility index (Phi) is 6.25. The molecular formula is C19H22BrNO2S2. The largest absolute Gasteiger partial charge is 0.240 e. The molecule has 25 heavy (non-hydrogen) atoms. The summed E-state index contributed by atoms with van der Waals surface area (Å²) < 4.78 is 29.5. The summed E-state index contributed by atoms with van der Waals surface area (Å²) in [4.78, 5) is 1.50. The number of halogens is 1. The Bertz CT molecular complexity index is 822. The molecule has 0 saturated heterocycles. The van der Waals surface area contributed by atoms with Gasteiger partial charge in [-0.25, -0.2) is 13.1 Å². The molecule has 6 heteroatoms. The Labute approximate surface area is 162 Å². The van der Waals surface area contributed by atoms with Gasteiger partial charge < -0.3 is 0 Å². The second-order valence-electron chi connectivity index (χ2n) is 6.41. The maximum Gasteiger partial charge on any atom is 0.240 e. The number of hydrogen-bond acceptors (Lipinski definition) is 3. The summed E-state index contributed by atoms with van der Waals surface area (Å²) in [5, 5.41) is 0.243. The molecule has 1 aliphatic rings. The lowest BCUT2D eigenvalue weighted by Gasteiger charge is -2.31. The van der Waals surface area contributed by atoms with Gasteiger partial charge in [0.15, 0.2) is 0 Å². The third-order valence-electron chi connectivity index (χ3n) is 4.46. The van der Waals surface area contributed by atoms with Gasteiger partial charge in [0, 0.05) is 20.7 Å². The molecule has 0 unspecified atom stereocenters. The number of nitrogens with one attached hydrogen (secondary N) is 1. The van der Waals surface area contributed by atoms with Gasteiger partial charge in [0.2, 0.25) is 10.0 Å². The van der Waals surface area contributed by atoms with Crippen molar-refractivity contribution in [2.24, 2.45) is 0 Å². The van der Waals surface area contributed by atoms with Gasteiger partial charge in [-0.2, -0.15) is 0 Å². The van der Waals surface area contributed by atoms with E-state index in [0.29, 0.717) is 4.90 Å². The molecule has 1 aliphatic carbocycles. The lowest BCUT2D eigenvalue weighted by molar-refractivity contribution is 0.423. The van der Waals surface area contributed by atoms with Crippen LogP contribution in [0.25, 0.3) is 0 Å². The quantitative estimate of drug-likeness (QED) is 0.701. The van der Waals surface area contributed by atoms with Crippen molar-refractivity contribution in [1.82, 2.24) is 4.72 Å². The van der Waals surface area contributed by atoms with Crippen LogP contribution in [0.4, 0.5) is 0 Å². The monoisotopic (exact) mass is 439 g/mol. The van der Waals surface area contributed by atoms with Crippen LogP contribution in [-0.2, 0) is 10.0 Å². The van der Waals surface area contributed by atoms with Crippen LogP contribution in [0.5, 0.6) is 0 Å². The molecule has 134 valence electrons. The van der Waals surface area contributed by atoms with Crippen LogP contribution in [0.1, 0.15) is 31.2 Å². The molecule has 0 aliphatic heterocycles. The fourth-order valence-electron chi connectivity index (χ4n) is 3.06. The maximum absolute atomic E-state index is 12.7.